The Hall–Kier alpha value is -2.41. The van der Waals surface area contributed by atoms with Gasteiger partial charge in [-0.2, -0.15) is 5.10 Å². The molecule has 2 aromatic rings. The first-order valence-corrected chi connectivity index (χ1v) is 8.41. The largest absolute Gasteiger partial charge is 0.378 e. The number of anilines is 1. The quantitative estimate of drug-likeness (QED) is 0.868. The van der Waals surface area contributed by atoms with Gasteiger partial charge in [-0.1, -0.05) is 6.07 Å². The molecule has 0 radical (unpaired) electrons. The molecule has 2 N–H and O–H groups in total. The van der Waals surface area contributed by atoms with Crippen molar-refractivity contribution in [2.75, 3.05) is 31.2 Å². The zero-order valence-corrected chi connectivity index (χ0v) is 13.5. The van der Waals surface area contributed by atoms with Gasteiger partial charge in [0, 0.05) is 43.0 Å². The molecule has 7 heteroatoms. The first kappa shape index (κ1) is 15.1. The second-order valence-corrected chi connectivity index (χ2v) is 6.25. The third kappa shape index (κ3) is 3.26. The Labute approximate surface area is 140 Å². The van der Waals surface area contributed by atoms with E-state index in [9.17, 15) is 4.79 Å². The number of aromatic nitrogens is 3. The molecule has 1 aliphatic heterocycles. The number of nitrogens with one attached hydrogen (secondary N) is 2. The fourth-order valence-corrected chi connectivity index (χ4v) is 2.95. The number of H-pyrrole nitrogens is 1. The topological polar surface area (TPSA) is 83.1 Å². The molecule has 1 saturated heterocycles. The lowest BCUT2D eigenvalue weighted by Gasteiger charge is -2.29. The molecular formula is C17H21N5O2. The fourth-order valence-electron chi connectivity index (χ4n) is 2.95. The Morgan fingerprint density at radius 3 is 3.00 bits per heavy atom. The van der Waals surface area contributed by atoms with Crippen LogP contribution in [0.4, 0.5) is 5.82 Å². The summed E-state index contributed by atoms with van der Waals surface area (Å²) >= 11 is 0. The number of rotatable bonds is 5. The van der Waals surface area contributed by atoms with E-state index in [1.807, 2.05) is 18.2 Å². The van der Waals surface area contributed by atoms with Crippen molar-refractivity contribution in [1.29, 1.82) is 0 Å². The smallest absolute Gasteiger partial charge is 0.272 e. The van der Waals surface area contributed by atoms with Crippen LogP contribution in [-0.2, 0) is 11.3 Å². The Bertz CT molecular complexity index is 719. The minimum Gasteiger partial charge on any atom is -0.378 e. The summed E-state index contributed by atoms with van der Waals surface area (Å²) in [6.07, 6.45) is 4.15. The molecular weight excluding hydrogens is 306 g/mol. The second-order valence-electron chi connectivity index (χ2n) is 6.25. The molecule has 2 aromatic heterocycles. The number of hydrogen-bond acceptors (Lipinski definition) is 5. The van der Waals surface area contributed by atoms with Gasteiger partial charge in [-0.05, 0) is 25.0 Å². The molecule has 2 fully saturated rings. The molecule has 0 spiro atoms. The molecule has 126 valence electrons. The molecule has 0 aromatic carbocycles. The Morgan fingerprint density at radius 2 is 2.21 bits per heavy atom. The van der Waals surface area contributed by atoms with Crippen LogP contribution in [0, 0.1) is 0 Å². The normalized spacial score (nSPS) is 17.8. The van der Waals surface area contributed by atoms with E-state index in [2.05, 4.69) is 25.4 Å². The molecule has 0 atom stereocenters. The Kier molecular flexibility index (Phi) is 4.17. The summed E-state index contributed by atoms with van der Waals surface area (Å²) in [5.74, 6) is 1.32. The molecule has 1 saturated carbocycles. The van der Waals surface area contributed by atoms with Gasteiger partial charge in [0.15, 0.2) is 0 Å². The van der Waals surface area contributed by atoms with Gasteiger partial charge in [-0.25, -0.2) is 4.98 Å². The zero-order valence-electron chi connectivity index (χ0n) is 13.5. The molecule has 7 nitrogen and oxygen atoms in total. The number of ether oxygens (including phenoxy) is 1. The third-order valence-corrected chi connectivity index (χ3v) is 4.47. The monoisotopic (exact) mass is 327 g/mol. The lowest BCUT2D eigenvalue weighted by atomic mass is 10.2. The predicted octanol–water partition coefficient (Wildman–Crippen LogP) is 1.45. The summed E-state index contributed by atoms with van der Waals surface area (Å²) in [5.41, 5.74) is 2.52. The van der Waals surface area contributed by atoms with Crippen LogP contribution in [0.1, 0.15) is 40.5 Å². The molecule has 1 aliphatic carbocycles. The molecule has 24 heavy (non-hydrogen) atoms. The molecule has 3 heterocycles. The van der Waals surface area contributed by atoms with E-state index in [0.717, 1.165) is 30.2 Å². The van der Waals surface area contributed by atoms with E-state index in [1.54, 1.807) is 6.20 Å². The van der Waals surface area contributed by atoms with Crippen LogP contribution in [0.3, 0.4) is 0 Å². The van der Waals surface area contributed by atoms with Crippen LogP contribution in [0.5, 0.6) is 0 Å². The highest BCUT2D eigenvalue weighted by Gasteiger charge is 2.26. The average Bonchev–Trinajstić information content (AvgIpc) is 3.37. The maximum atomic E-state index is 12.3. The van der Waals surface area contributed by atoms with E-state index in [-0.39, 0.29) is 5.91 Å². The van der Waals surface area contributed by atoms with Gasteiger partial charge < -0.3 is 15.0 Å². The molecule has 0 bridgehead atoms. The summed E-state index contributed by atoms with van der Waals surface area (Å²) in [6.45, 7) is 3.49. The first-order valence-electron chi connectivity index (χ1n) is 8.41. The van der Waals surface area contributed by atoms with E-state index >= 15 is 0 Å². The first-order chi connectivity index (χ1) is 11.8. The van der Waals surface area contributed by atoms with Crippen LogP contribution in [0.25, 0.3) is 0 Å². The summed E-state index contributed by atoms with van der Waals surface area (Å²) in [4.78, 5) is 19.0. The maximum Gasteiger partial charge on any atom is 0.272 e. The van der Waals surface area contributed by atoms with Crippen LogP contribution < -0.4 is 10.2 Å². The van der Waals surface area contributed by atoms with Crippen molar-refractivity contribution in [3.63, 3.8) is 0 Å². The SMILES string of the molecule is O=C(NCc1cccnc1N1CCOCC1)c1cc(C2CC2)[nH]n1. The van der Waals surface area contributed by atoms with E-state index in [0.29, 0.717) is 31.4 Å². The average molecular weight is 327 g/mol. The predicted molar refractivity (Wildman–Crippen MR) is 89.0 cm³/mol. The number of hydrogen-bond donors (Lipinski definition) is 2. The standard InChI is InChI=1S/C17H21N5O2/c23-17(15-10-14(20-21-15)12-3-4-12)19-11-13-2-1-5-18-16(13)22-6-8-24-9-7-22/h1-2,5,10,12H,3-4,6-9,11H2,(H,19,23)(H,20,21). The van der Waals surface area contributed by atoms with Crippen molar-refractivity contribution in [2.45, 2.75) is 25.3 Å². The van der Waals surface area contributed by atoms with Crippen molar-refractivity contribution < 1.29 is 9.53 Å². The number of carbonyl (C=O) groups is 1. The minimum atomic E-state index is -0.157. The molecule has 4 rings (SSSR count). The number of amides is 1. The van der Waals surface area contributed by atoms with Crippen molar-refractivity contribution in [3.05, 3.63) is 41.3 Å². The van der Waals surface area contributed by atoms with Crippen molar-refractivity contribution in [1.82, 2.24) is 20.5 Å². The third-order valence-electron chi connectivity index (χ3n) is 4.47. The van der Waals surface area contributed by atoms with Gasteiger partial charge in [-0.3, -0.25) is 9.89 Å². The number of carbonyl (C=O) groups excluding carboxylic acids is 1. The maximum absolute atomic E-state index is 12.3. The minimum absolute atomic E-state index is 0.157. The summed E-state index contributed by atoms with van der Waals surface area (Å²) in [7, 11) is 0. The van der Waals surface area contributed by atoms with E-state index in [1.165, 1.54) is 12.8 Å². The fraction of sp³-hybridized carbons (Fsp3) is 0.471. The number of pyridine rings is 1. The highest BCUT2D eigenvalue weighted by atomic mass is 16.5. The Balaban J connectivity index is 1.42. The van der Waals surface area contributed by atoms with Gasteiger partial charge in [0.2, 0.25) is 0 Å². The zero-order chi connectivity index (χ0) is 16.4. The second kappa shape index (κ2) is 6.60. The Morgan fingerprint density at radius 1 is 1.38 bits per heavy atom. The van der Waals surface area contributed by atoms with E-state index < -0.39 is 0 Å². The van der Waals surface area contributed by atoms with Gasteiger partial charge in [0.1, 0.15) is 11.5 Å². The van der Waals surface area contributed by atoms with Crippen molar-refractivity contribution in [2.24, 2.45) is 0 Å². The van der Waals surface area contributed by atoms with Crippen LogP contribution in [0.15, 0.2) is 24.4 Å². The number of nitrogens with zero attached hydrogens (tertiary/aromatic N) is 3. The van der Waals surface area contributed by atoms with Gasteiger partial charge in [0.25, 0.3) is 5.91 Å². The lowest BCUT2D eigenvalue weighted by molar-refractivity contribution is 0.0945. The van der Waals surface area contributed by atoms with Crippen LogP contribution in [-0.4, -0.2) is 47.4 Å². The summed E-state index contributed by atoms with van der Waals surface area (Å²) < 4.78 is 5.39. The highest BCUT2D eigenvalue weighted by Crippen LogP contribution is 2.38. The van der Waals surface area contributed by atoms with Crippen LogP contribution >= 0.6 is 0 Å². The van der Waals surface area contributed by atoms with Crippen LogP contribution in [0.2, 0.25) is 0 Å². The molecule has 2 aliphatic rings. The number of morpholine rings is 1. The highest BCUT2D eigenvalue weighted by molar-refractivity contribution is 5.92. The van der Waals surface area contributed by atoms with Gasteiger partial charge >= 0.3 is 0 Å². The van der Waals surface area contributed by atoms with E-state index in [4.69, 9.17) is 4.74 Å². The lowest BCUT2D eigenvalue weighted by Crippen LogP contribution is -2.37. The van der Waals surface area contributed by atoms with Crippen molar-refractivity contribution >= 4 is 11.7 Å². The van der Waals surface area contributed by atoms with Crippen molar-refractivity contribution in [3.8, 4) is 0 Å². The molecule has 0 unspecified atom stereocenters. The van der Waals surface area contributed by atoms with Gasteiger partial charge in [-0.15, -0.1) is 0 Å². The van der Waals surface area contributed by atoms with Gasteiger partial charge in [0.05, 0.1) is 13.2 Å². The summed E-state index contributed by atoms with van der Waals surface area (Å²) in [6, 6.07) is 5.75. The number of aromatic amines is 1. The summed E-state index contributed by atoms with van der Waals surface area (Å²) in [5, 5.41) is 10.0. The molecule has 1 amide bonds.